The van der Waals surface area contributed by atoms with Crippen LogP contribution in [0, 0.1) is 0 Å². The van der Waals surface area contributed by atoms with E-state index in [1.807, 2.05) is 0 Å². The van der Waals surface area contributed by atoms with Gasteiger partial charge in [-0.3, -0.25) is 4.79 Å². The molecule has 3 N–H and O–H groups in total. The van der Waals surface area contributed by atoms with Gasteiger partial charge in [-0.25, -0.2) is 5.43 Å². The quantitative estimate of drug-likeness (QED) is 0.585. The second kappa shape index (κ2) is 7.01. The molecule has 2 aromatic carbocycles. The van der Waals surface area contributed by atoms with E-state index in [9.17, 15) is 15.0 Å². The maximum absolute atomic E-state index is 11.7. The van der Waals surface area contributed by atoms with E-state index < -0.39 is 12.0 Å². The summed E-state index contributed by atoms with van der Waals surface area (Å²) >= 11 is 3.30. The zero-order chi connectivity index (χ0) is 15.2. The summed E-state index contributed by atoms with van der Waals surface area (Å²) in [5.74, 6) is -0.538. The number of phenolic OH excluding ortho intramolecular Hbond substituents is 1. The van der Waals surface area contributed by atoms with Crippen LogP contribution in [0.4, 0.5) is 0 Å². The van der Waals surface area contributed by atoms with Crippen molar-refractivity contribution < 1.29 is 15.0 Å². The van der Waals surface area contributed by atoms with Gasteiger partial charge in [0, 0.05) is 10.0 Å². The number of hydrazone groups is 1. The molecule has 2 aromatic rings. The smallest absolute Gasteiger partial charge is 0.273 e. The number of phenols is 1. The summed E-state index contributed by atoms with van der Waals surface area (Å²) in [4.78, 5) is 11.7. The molecule has 0 bridgehead atoms. The lowest BCUT2D eigenvalue weighted by Gasteiger charge is -2.08. The molecule has 0 spiro atoms. The highest BCUT2D eigenvalue weighted by Crippen LogP contribution is 2.20. The number of carbonyl (C=O) groups excluding carboxylic acids is 1. The molecule has 0 saturated heterocycles. The normalized spacial score (nSPS) is 12.3. The van der Waals surface area contributed by atoms with Crippen molar-refractivity contribution in [1.82, 2.24) is 5.43 Å². The van der Waals surface area contributed by atoms with Gasteiger partial charge in [0.15, 0.2) is 6.10 Å². The second-order valence-electron chi connectivity index (χ2n) is 4.25. The van der Waals surface area contributed by atoms with Gasteiger partial charge >= 0.3 is 0 Å². The van der Waals surface area contributed by atoms with Crippen molar-refractivity contribution in [3.05, 3.63) is 64.1 Å². The molecule has 6 heteroatoms. The van der Waals surface area contributed by atoms with Crippen LogP contribution >= 0.6 is 15.9 Å². The monoisotopic (exact) mass is 348 g/mol. The van der Waals surface area contributed by atoms with Crippen LogP contribution in [-0.2, 0) is 4.79 Å². The third-order valence-electron chi connectivity index (χ3n) is 2.72. The Morgan fingerprint density at radius 1 is 1.24 bits per heavy atom. The largest absolute Gasteiger partial charge is 0.508 e. The Bertz CT molecular complexity index is 659. The first kappa shape index (κ1) is 15.2. The first-order valence-corrected chi connectivity index (χ1v) is 6.91. The first-order valence-electron chi connectivity index (χ1n) is 6.12. The molecule has 0 saturated carbocycles. The third-order valence-corrected chi connectivity index (χ3v) is 3.44. The standard InChI is InChI=1S/C15H13BrN2O3/c16-13-7-6-12(19)8-11(13)9-17-18-15(21)14(20)10-4-2-1-3-5-10/h1-9,14,19-20H,(H,18,21)/b17-9-/t14-/m1/s1. The van der Waals surface area contributed by atoms with Crippen molar-refractivity contribution in [2.75, 3.05) is 0 Å². The van der Waals surface area contributed by atoms with Crippen LogP contribution in [0.2, 0.25) is 0 Å². The fourth-order valence-electron chi connectivity index (χ4n) is 1.64. The first-order chi connectivity index (χ1) is 10.1. The van der Waals surface area contributed by atoms with Crippen LogP contribution in [0.25, 0.3) is 0 Å². The molecule has 1 atom stereocenters. The fraction of sp³-hybridized carbons (Fsp3) is 0.0667. The van der Waals surface area contributed by atoms with E-state index in [2.05, 4.69) is 26.5 Å². The van der Waals surface area contributed by atoms with E-state index >= 15 is 0 Å². The minimum absolute atomic E-state index is 0.0929. The maximum Gasteiger partial charge on any atom is 0.273 e. The molecule has 0 unspecified atom stereocenters. The van der Waals surface area contributed by atoms with E-state index in [4.69, 9.17) is 0 Å². The Morgan fingerprint density at radius 2 is 1.95 bits per heavy atom. The average molecular weight is 349 g/mol. The van der Waals surface area contributed by atoms with Crippen molar-refractivity contribution in [2.24, 2.45) is 5.10 Å². The van der Waals surface area contributed by atoms with Gasteiger partial charge in [0.1, 0.15) is 5.75 Å². The summed E-state index contributed by atoms with van der Waals surface area (Å²) in [6.07, 6.45) is 0.0929. The van der Waals surface area contributed by atoms with Crippen LogP contribution in [0.5, 0.6) is 5.75 Å². The summed E-state index contributed by atoms with van der Waals surface area (Å²) in [5, 5.41) is 23.0. The predicted molar refractivity (Wildman–Crippen MR) is 82.9 cm³/mol. The molecular weight excluding hydrogens is 336 g/mol. The number of rotatable bonds is 4. The number of nitrogens with one attached hydrogen (secondary N) is 1. The van der Waals surface area contributed by atoms with Gasteiger partial charge in [0.25, 0.3) is 5.91 Å². The summed E-state index contributed by atoms with van der Waals surface area (Å²) in [6, 6.07) is 13.3. The van der Waals surface area contributed by atoms with E-state index in [1.54, 1.807) is 36.4 Å². The lowest BCUT2D eigenvalue weighted by Crippen LogP contribution is -2.25. The zero-order valence-electron chi connectivity index (χ0n) is 10.9. The van der Waals surface area contributed by atoms with Crippen LogP contribution in [-0.4, -0.2) is 22.3 Å². The number of carbonyl (C=O) groups is 1. The Balaban J connectivity index is 2.01. The van der Waals surface area contributed by atoms with E-state index in [-0.39, 0.29) is 5.75 Å². The molecule has 0 aliphatic rings. The summed E-state index contributed by atoms with van der Waals surface area (Å²) in [7, 11) is 0. The predicted octanol–water partition coefficient (Wildman–Crippen LogP) is 2.34. The molecule has 0 aliphatic carbocycles. The number of hydrogen-bond acceptors (Lipinski definition) is 4. The Kier molecular flexibility index (Phi) is 5.08. The highest BCUT2D eigenvalue weighted by molar-refractivity contribution is 9.10. The van der Waals surface area contributed by atoms with E-state index in [0.717, 1.165) is 4.47 Å². The molecule has 108 valence electrons. The minimum atomic E-state index is -1.28. The van der Waals surface area contributed by atoms with Crippen LogP contribution < -0.4 is 5.43 Å². The van der Waals surface area contributed by atoms with E-state index in [0.29, 0.717) is 11.1 Å². The van der Waals surface area contributed by atoms with Crippen molar-refractivity contribution in [3.8, 4) is 5.75 Å². The lowest BCUT2D eigenvalue weighted by molar-refractivity contribution is -0.129. The number of aliphatic hydroxyl groups is 1. The number of aromatic hydroxyl groups is 1. The van der Waals surface area contributed by atoms with Crippen LogP contribution in [0.15, 0.2) is 58.1 Å². The van der Waals surface area contributed by atoms with Gasteiger partial charge in [-0.15, -0.1) is 0 Å². The summed E-state index contributed by atoms with van der Waals surface area (Å²) in [6.45, 7) is 0. The molecule has 0 aromatic heterocycles. The topological polar surface area (TPSA) is 81.9 Å². The van der Waals surface area contributed by atoms with Gasteiger partial charge in [-0.2, -0.15) is 5.10 Å². The van der Waals surface area contributed by atoms with Gasteiger partial charge in [-0.1, -0.05) is 46.3 Å². The molecule has 0 heterocycles. The molecule has 0 radical (unpaired) electrons. The molecule has 5 nitrogen and oxygen atoms in total. The molecule has 21 heavy (non-hydrogen) atoms. The van der Waals surface area contributed by atoms with Crippen molar-refractivity contribution in [2.45, 2.75) is 6.10 Å². The fourth-order valence-corrected chi connectivity index (χ4v) is 1.99. The third kappa shape index (κ3) is 4.14. The maximum atomic E-state index is 11.7. The highest BCUT2D eigenvalue weighted by atomic mass is 79.9. The van der Waals surface area contributed by atoms with Gasteiger partial charge in [-0.05, 0) is 23.8 Å². The Hall–Kier alpha value is -2.18. The molecule has 2 rings (SSSR count). The van der Waals surface area contributed by atoms with Crippen LogP contribution in [0.1, 0.15) is 17.2 Å². The SMILES string of the molecule is O=C(N/N=C\c1cc(O)ccc1Br)[C@H](O)c1ccccc1. The highest BCUT2D eigenvalue weighted by Gasteiger charge is 2.15. The van der Waals surface area contributed by atoms with Gasteiger partial charge in [0.2, 0.25) is 0 Å². The minimum Gasteiger partial charge on any atom is -0.508 e. The molecule has 0 fully saturated rings. The lowest BCUT2D eigenvalue weighted by atomic mass is 10.1. The summed E-state index contributed by atoms with van der Waals surface area (Å²) in [5.41, 5.74) is 3.35. The number of benzene rings is 2. The molecular formula is C15H13BrN2O3. The number of nitrogens with zero attached hydrogens (tertiary/aromatic N) is 1. The Morgan fingerprint density at radius 3 is 2.67 bits per heavy atom. The number of hydrogen-bond donors (Lipinski definition) is 3. The number of aliphatic hydroxyl groups excluding tert-OH is 1. The van der Waals surface area contributed by atoms with E-state index in [1.165, 1.54) is 18.3 Å². The number of halogens is 1. The molecule has 1 amide bonds. The second-order valence-corrected chi connectivity index (χ2v) is 5.11. The van der Waals surface area contributed by atoms with Crippen molar-refractivity contribution >= 4 is 28.1 Å². The van der Waals surface area contributed by atoms with Crippen LogP contribution in [0.3, 0.4) is 0 Å². The Labute approximate surface area is 130 Å². The van der Waals surface area contributed by atoms with Crippen molar-refractivity contribution in [1.29, 1.82) is 0 Å². The van der Waals surface area contributed by atoms with Gasteiger partial charge in [0.05, 0.1) is 6.21 Å². The zero-order valence-corrected chi connectivity index (χ0v) is 12.5. The number of amides is 1. The summed E-state index contributed by atoms with van der Waals surface area (Å²) < 4.78 is 0.724. The van der Waals surface area contributed by atoms with Crippen molar-refractivity contribution in [3.63, 3.8) is 0 Å². The average Bonchev–Trinajstić information content (AvgIpc) is 2.50. The van der Waals surface area contributed by atoms with Gasteiger partial charge < -0.3 is 10.2 Å². The molecule has 0 aliphatic heterocycles.